The summed E-state index contributed by atoms with van der Waals surface area (Å²) in [5.41, 5.74) is 2.21. The van der Waals surface area contributed by atoms with E-state index in [4.69, 9.17) is 4.98 Å². The second kappa shape index (κ2) is 6.77. The lowest BCUT2D eigenvalue weighted by atomic mass is 10.2. The molecule has 0 fully saturated rings. The van der Waals surface area contributed by atoms with Crippen LogP contribution in [0.2, 0.25) is 0 Å². The largest absolute Gasteiger partial charge is 0.332 e. The molecule has 0 unspecified atom stereocenters. The van der Waals surface area contributed by atoms with Crippen LogP contribution in [0.3, 0.4) is 0 Å². The third kappa shape index (κ3) is 2.77. The first-order valence-electron chi connectivity index (χ1n) is 9.72. The molecule has 0 saturated carbocycles. The van der Waals surface area contributed by atoms with Gasteiger partial charge in [-0.1, -0.05) is 48.5 Å². The maximum atomic E-state index is 13.4. The molecule has 2 aromatic heterocycles. The topological polar surface area (TPSA) is 65.1 Å². The number of aryl methyl sites for hydroxylation is 2. The average molecular weight is 387 g/mol. The van der Waals surface area contributed by atoms with Crippen LogP contribution in [-0.2, 0) is 20.1 Å². The SMILES string of the molecule is Cn1c(=O)n(Cc2ccccc2)c(=O)c2c1nc1n2CCCN1c1ccccc1. The van der Waals surface area contributed by atoms with Gasteiger partial charge in [-0.3, -0.25) is 13.9 Å². The summed E-state index contributed by atoms with van der Waals surface area (Å²) in [6.07, 6.45) is 0.897. The van der Waals surface area contributed by atoms with Gasteiger partial charge in [-0.05, 0) is 24.1 Å². The van der Waals surface area contributed by atoms with Gasteiger partial charge in [0.25, 0.3) is 5.56 Å². The molecule has 0 saturated heterocycles. The lowest BCUT2D eigenvalue weighted by molar-refractivity contribution is 0.597. The Kier molecular flexibility index (Phi) is 4.08. The van der Waals surface area contributed by atoms with Crippen LogP contribution in [-0.4, -0.2) is 25.2 Å². The standard InChI is InChI=1S/C22H21N5O2/c1-24-19-18(20(28)27(22(24)29)15-16-9-4-2-5-10-16)26-14-8-13-25(21(26)23-19)17-11-6-3-7-12-17/h2-7,9-12H,8,13-15H2,1H3. The van der Waals surface area contributed by atoms with Crippen LogP contribution < -0.4 is 16.1 Å². The van der Waals surface area contributed by atoms with E-state index in [1.54, 1.807) is 7.05 Å². The van der Waals surface area contributed by atoms with E-state index in [-0.39, 0.29) is 17.8 Å². The first-order chi connectivity index (χ1) is 14.1. The van der Waals surface area contributed by atoms with Gasteiger partial charge in [0.1, 0.15) is 0 Å². The number of nitrogens with zero attached hydrogens (tertiary/aromatic N) is 5. The van der Waals surface area contributed by atoms with E-state index < -0.39 is 0 Å². The molecular weight excluding hydrogens is 366 g/mol. The number of rotatable bonds is 3. The van der Waals surface area contributed by atoms with Gasteiger partial charge < -0.3 is 9.47 Å². The van der Waals surface area contributed by atoms with Crippen molar-refractivity contribution in [3.8, 4) is 0 Å². The second-order valence-corrected chi connectivity index (χ2v) is 7.29. The van der Waals surface area contributed by atoms with Crippen LogP contribution in [0.5, 0.6) is 0 Å². The van der Waals surface area contributed by atoms with Crippen LogP contribution >= 0.6 is 0 Å². The zero-order valence-corrected chi connectivity index (χ0v) is 16.2. The van der Waals surface area contributed by atoms with Gasteiger partial charge in [-0.25, -0.2) is 4.79 Å². The molecule has 1 aliphatic heterocycles. The van der Waals surface area contributed by atoms with Gasteiger partial charge in [-0.15, -0.1) is 0 Å². The molecular formula is C22H21N5O2. The molecule has 7 heteroatoms. The van der Waals surface area contributed by atoms with E-state index in [0.29, 0.717) is 23.7 Å². The molecule has 0 bridgehead atoms. The lowest BCUT2D eigenvalue weighted by Gasteiger charge is -2.28. The first kappa shape index (κ1) is 17.5. The molecule has 5 rings (SSSR count). The first-order valence-corrected chi connectivity index (χ1v) is 9.72. The fourth-order valence-corrected chi connectivity index (χ4v) is 4.02. The Bertz CT molecular complexity index is 1300. The zero-order chi connectivity index (χ0) is 20.0. The fourth-order valence-electron chi connectivity index (χ4n) is 4.02. The predicted molar refractivity (Wildman–Crippen MR) is 113 cm³/mol. The summed E-state index contributed by atoms with van der Waals surface area (Å²) in [5.74, 6) is 0.710. The van der Waals surface area contributed by atoms with Crippen molar-refractivity contribution in [2.75, 3.05) is 11.4 Å². The molecule has 0 N–H and O–H groups in total. The molecule has 29 heavy (non-hydrogen) atoms. The molecule has 0 amide bonds. The summed E-state index contributed by atoms with van der Waals surface area (Å²) < 4.78 is 4.73. The third-order valence-corrected chi connectivity index (χ3v) is 5.47. The Morgan fingerprint density at radius 3 is 2.34 bits per heavy atom. The van der Waals surface area contributed by atoms with Crippen LogP contribution in [0.1, 0.15) is 12.0 Å². The van der Waals surface area contributed by atoms with Crippen molar-refractivity contribution in [3.05, 3.63) is 87.1 Å². The van der Waals surface area contributed by atoms with Crippen molar-refractivity contribution in [2.24, 2.45) is 7.05 Å². The number of fused-ring (bicyclic) bond motifs is 3. The molecule has 4 aromatic rings. The Balaban J connectivity index is 1.73. The maximum Gasteiger partial charge on any atom is 0.332 e. The van der Waals surface area contributed by atoms with Gasteiger partial charge >= 0.3 is 5.69 Å². The summed E-state index contributed by atoms with van der Waals surface area (Å²) in [4.78, 5) is 33.1. The predicted octanol–water partition coefficient (Wildman–Crippen LogP) is 2.49. The molecule has 1 aliphatic rings. The van der Waals surface area contributed by atoms with Crippen LogP contribution in [0.25, 0.3) is 11.2 Å². The number of anilines is 2. The molecule has 0 atom stereocenters. The summed E-state index contributed by atoms with van der Waals surface area (Å²) in [6, 6.07) is 19.6. The number of imidazole rings is 1. The summed E-state index contributed by atoms with van der Waals surface area (Å²) >= 11 is 0. The fraction of sp³-hybridized carbons (Fsp3) is 0.227. The Morgan fingerprint density at radius 2 is 1.62 bits per heavy atom. The van der Waals surface area contributed by atoms with Crippen molar-refractivity contribution in [1.82, 2.24) is 18.7 Å². The van der Waals surface area contributed by atoms with Crippen molar-refractivity contribution in [2.45, 2.75) is 19.5 Å². The zero-order valence-electron chi connectivity index (χ0n) is 16.2. The Hall–Kier alpha value is -3.61. The number of benzene rings is 2. The van der Waals surface area contributed by atoms with E-state index in [1.807, 2.05) is 65.2 Å². The minimum absolute atomic E-state index is 0.241. The highest BCUT2D eigenvalue weighted by molar-refractivity contribution is 5.77. The molecule has 0 aliphatic carbocycles. The highest BCUT2D eigenvalue weighted by atomic mass is 16.2. The van der Waals surface area contributed by atoms with E-state index in [2.05, 4.69) is 4.90 Å². The van der Waals surface area contributed by atoms with Gasteiger partial charge in [-0.2, -0.15) is 4.98 Å². The average Bonchev–Trinajstić information content (AvgIpc) is 3.16. The van der Waals surface area contributed by atoms with Crippen molar-refractivity contribution in [3.63, 3.8) is 0 Å². The quantitative estimate of drug-likeness (QED) is 0.542. The molecule has 0 radical (unpaired) electrons. The highest BCUT2D eigenvalue weighted by Crippen LogP contribution is 2.30. The molecule has 146 valence electrons. The molecule has 7 nitrogen and oxygen atoms in total. The van der Waals surface area contributed by atoms with Crippen LogP contribution in [0.4, 0.5) is 11.6 Å². The van der Waals surface area contributed by atoms with E-state index in [1.165, 1.54) is 9.13 Å². The van der Waals surface area contributed by atoms with E-state index in [0.717, 1.165) is 24.2 Å². The highest BCUT2D eigenvalue weighted by Gasteiger charge is 2.26. The third-order valence-electron chi connectivity index (χ3n) is 5.47. The number of hydrogen-bond acceptors (Lipinski definition) is 4. The van der Waals surface area contributed by atoms with Crippen LogP contribution in [0.15, 0.2) is 70.3 Å². The minimum atomic E-state index is -0.354. The number of hydrogen-bond donors (Lipinski definition) is 0. The molecule has 3 heterocycles. The molecule has 2 aromatic carbocycles. The van der Waals surface area contributed by atoms with Crippen LogP contribution in [0, 0.1) is 0 Å². The normalized spacial score (nSPS) is 13.6. The van der Waals surface area contributed by atoms with Gasteiger partial charge in [0.2, 0.25) is 5.95 Å². The Morgan fingerprint density at radius 1 is 0.931 bits per heavy atom. The van der Waals surface area contributed by atoms with E-state index >= 15 is 0 Å². The van der Waals surface area contributed by atoms with Gasteiger partial charge in [0.05, 0.1) is 6.54 Å². The van der Waals surface area contributed by atoms with Crippen molar-refractivity contribution >= 4 is 22.8 Å². The van der Waals surface area contributed by atoms with Crippen molar-refractivity contribution < 1.29 is 0 Å². The molecule has 0 spiro atoms. The second-order valence-electron chi connectivity index (χ2n) is 7.29. The van der Waals surface area contributed by atoms with Gasteiger partial charge in [0, 0.05) is 25.8 Å². The monoisotopic (exact) mass is 387 g/mol. The summed E-state index contributed by atoms with van der Waals surface area (Å²) in [5, 5.41) is 0. The minimum Gasteiger partial charge on any atom is -0.312 e. The lowest BCUT2D eigenvalue weighted by Crippen LogP contribution is -2.40. The van der Waals surface area contributed by atoms with Gasteiger partial charge in [0.15, 0.2) is 11.2 Å². The summed E-state index contributed by atoms with van der Waals surface area (Å²) in [6.45, 7) is 1.76. The van der Waals surface area contributed by atoms with E-state index in [9.17, 15) is 9.59 Å². The Labute approximate surface area is 167 Å². The summed E-state index contributed by atoms with van der Waals surface area (Å²) in [7, 11) is 1.68. The maximum absolute atomic E-state index is 13.4. The number of aromatic nitrogens is 4. The van der Waals surface area contributed by atoms with Crippen molar-refractivity contribution in [1.29, 1.82) is 0 Å². The smallest absolute Gasteiger partial charge is 0.312 e. The number of para-hydroxylation sites is 1.